The maximum Gasteiger partial charge on any atom is 0.407 e. The molecule has 0 saturated carbocycles. The molecule has 2 aliphatic rings. The first kappa shape index (κ1) is 34.3. The first-order chi connectivity index (χ1) is 18.7. The monoisotopic (exact) mass is 648 g/mol. The number of nitro groups is 1. The molecule has 0 aliphatic carbocycles. The third-order valence-corrected chi connectivity index (χ3v) is 19.4. The smallest absolute Gasteiger partial charge is 0.407 e. The van der Waals surface area contributed by atoms with E-state index >= 15 is 0 Å². The van der Waals surface area contributed by atoms with E-state index in [2.05, 4.69) is 0 Å². The van der Waals surface area contributed by atoms with Gasteiger partial charge in [0.1, 0.15) is 17.9 Å². The standard InChI is InChI=1S/C25H44N4O10SSi2/c1-15-13-28(22(31)27(8)19(15)30)20-18(38-42(11,12)24(5,6)7)25(17(26)21(29(32)33)40(34,35)39-25)16(37-20)14-36-41(9,10)23(2,3)4/h13,16,18,20H,14,26H2,1-12H3/t16-,18+,20-,25?/m1/s1. The van der Waals surface area contributed by atoms with Crippen molar-refractivity contribution in [2.45, 2.75) is 109 Å². The van der Waals surface area contributed by atoms with Gasteiger partial charge in [-0.15, -0.1) is 0 Å². The first-order valence-corrected chi connectivity index (χ1v) is 20.8. The van der Waals surface area contributed by atoms with E-state index in [1.54, 1.807) is 0 Å². The van der Waals surface area contributed by atoms with Gasteiger partial charge in [0.05, 0.1) is 11.5 Å². The molecule has 1 aromatic heterocycles. The van der Waals surface area contributed by atoms with Crippen LogP contribution in [0, 0.1) is 17.0 Å². The second-order valence-electron chi connectivity index (χ2n) is 14.1. The molecule has 14 nitrogen and oxygen atoms in total. The molecule has 0 radical (unpaired) electrons. The first-order valence-electron chi connectivity index (χ1n) is 13.6. The highest BCUT2D eigenvalue weighted by atomic mass is 32.2. The summed E-state index contributed by atoms with van der Waals surface area (Å²) in [5, 5.41) is 10.0. The molecular formula is C25H44N4O10SSi2. The van der Waals surface area contributed by atoms with E-state index in [-0.39, 0.29) is 17.2 Å². The number of ether oxygens (including phenoxy) is 1. The predicted molar refractivity (Wildman–Crippen MR) is 161 cm³/mol. The van der Waals surface area contributed by atoms with Crippen molar-refractivity contribution in [1.82, 2.24) is 9.13 Å². The highest BCUT2D eigenvalue weighted by Gasteiger charge is 2.71. The van der Waals surface area contributed by atoms with Crippen LogP contribution in [-0.4, -0.2) is 63.5 Å². The molecule has 0 bridgehead atoms. The summed E-state index contributed by atoms with van der Waals surface area (Å²) in [6, 6.07) is 0. The number of rotatable bonds is 7. The van der Waals surface area contributed by atoms with E-state index in [4.69, 9.17) is 23.5 Å². The zero-order valence-corrected chi connectivity index (χ0v) is 29.2. The van der Waals surface area contributed by atoms with Crippen LogP contribution in [0.2, 0.25) is 36.3 Å². The van der Waals surface area contributed by atoms with Crippen LogP contribution in [0.3, 0.4) is 0 Å². The summed E-state index contributed by atoms with van der Waals surface area (Å²) in [6.07, 6.45) is -2.89. The van der Waals surface area contributed by atoms with E-state index < -0.39 is 82.7 Å². The van der Waals surface area contributed by atoms with Crippen molar-refractivity contribution >= 4 is 26.8 Å². The van der Waals surface area contributed by atoms with Gasteiger partial charge in [0.2, 0.25) is 0 Å². The number of hydrogen-bond donors (Lipinski definition) is 1. The minimum atomic E-state index is -4.98. The number of nitrogens with zero attached hydrogens (tertiary/aromatic N) is 3. The molecular weight excluding hydrogens is 605 g/mol. The largest absolute Gasteiger partial charge is 0.414 e. The quantitative estimate of drug-likeness (QED) is 0.198. The van der Waals surface area contributed by atoms with Crippen LogP contribution in [0.5, 0.6) is 0 Å². The minimum Gasteiger partial charge on any atom is -0.414 e. The Hall–Kier alpha value is -2.16. The van der Waals surface area contributed by atoms with Crippen molar-refractivity contribution in [2.75, 3.05) is 6.61 Å². The molecule has 42 heavy (non-hydrogen) atoms. The molecule has 0 amide bonds. The Bertz CT molecular complexity index is 1540. The number of nitrogens with two attached hydrogens (primary N) is 1. The van der Waals surface area contributed by atoms with Crippen LogP contribution in [0.1, 0.15) is 53.3 Å². The van der Waals surface area contributed by atoms with Crippen molar-refractivity contribution in [1.29, 1.82) is 0 Å². The number of hydrogen-bond acceptors (Lipinski definition) is 11. The summed E-state index contributed by atoms with van der Waals surface area (Å²) < 4.78 is 53.6. The Morgan fingerprint density at radius 1 is 1.10 bits per heavy atom. The Morgan fingerprint density at radius 3 is 2.07 bits per heavy atom. The van der Waals surface area contributed by atoms with Gasteiger partial charge in [-0.25, -0.2) is 8.98 Å². The van der Waals surface area contributed by atoms with Crippen LogP contribution in [0.15, 0.2) is 26.5 Å². The molecule has 2 aliphatic heterocycles. The van der Waals surface area contributed by atoms with Crippen molar-refractivity contribution in [3.8, 4) is 0 Å². The molecule has 3 rings (SSSR count). The number of aromatic nitrogens is 2. The Labute approximate surface area is 248 Å². The Kier molecular flexibility index (Phi) is 8.57. The van der Waals surface area contributed by atoms with Crippen LogP contribution in [-0.2, 0) is 34.9 Å². The molecule has 4 atom stereocenters. The van der Waals surface area contributed by atoms with Crippen molar-refractivity contribution in [2.24, 2.45) is 12.8 Å². The molecule has 1 aromatic rings. The summed E-state index contributed by atoms with van der Waals surface area (Å²) >= 11 is 0. The summed E-state index contributed by atoms with van der Waals surface area (Å²) in [5.41, 5.74) is 2.36. The van der Waals surface area contributed by atoms with Gasteiger partial charge in [-0.2, -0.15) is 8.42 Å². The number of aryl methyl sites for hydroxylation is 1. The van der Waals surface area contributed by atoms with Crippen molar-refractivity contribution in [3.05, 3.63) is 53.4 Å². The highest BCUT2D eigenvalue weighted by molar-refractivity contribution is 7.90. The van der Waals surface area contributed by atoms with Crippen molar-refractivity contribution in [3.63, 3.8) is 0 Å². The highest BCUT2D eigenvalue weighted by Crippen LogP contribution is 2.53. The normalized spacial score (nSPS) is 26.8. The van der Waals surface area contributed by atoms with E-state index in [1.807, 2.05) is 67.7 Å². The fraction of sp³-hybridized carbons (Fsp3) is 0.760. The van der Waals surface area contributed by atoms with Gasteiger partial charge in [-0.3, -0.25) is 24.0 Å². The summed E-state index contributed by atoms with van der Waals surface area (Å²) in [4.78, 5) is 36.9. The van der Waals surface area contributed by atoms with Crippen LogP contribution in [0.4, 0.5) is 0 Å². The molecule has 1 unspecified atom stereocenters. The minimum absolute atomic E-state index is 0.205. The van der Waals surface area contributed by atoms with Gasteiger partial charge < -0.3 is 19.3 Å². The predicted octanol–water partition coefficient (Wildman–Crippen LogP) is 2.67. The van der Waals surface area contributed by atoms with Crippen LogP contribution in [0.25, 0.3) is 0 Å². The third kappa shape index (κ3) is 5.48. The third-order valence-electron chi connectivity index (χ3n) is 9.15. The molecule has 2 N–H and O–H groups in total. The maximum atomic E-state index is 13.4. The second kappa shape index (κ2) is 10.5. The molecule has 0 aromatic carbocycles. The van der Waals surface area contributed by atoms with E-state index in [1.165, 1.54) is 20.2 Å². The molecule has 3 heterocycles. The SMILES string of the molecule is Cc1cn([C@@H]2O[C@H](CO[Si](C)(C)C(C)(C)C)C3(OS(=O)(=O)C([N+](=O)[O-])=C3N)[C@H]2O[Si](C)(C)C(C)(C)C)c(=O)n(C)c1=O. The average Bonchev–Trinajstić information content (AvgIpc) is 3.21. The van der Waals surface area contributed by atoms with Gasteiger partial charge in [-0.1, -0.05) is 41.5 Å². The maximum absolute atomic E-state index is 13.4. The fourth-order valence-corrected chi connectivity index (χ4v) is 8.09. The van der Waals surface area contributed by atoms with Gasteiger partial charge in [0.15, 0.2) is 28.5 Å². The summed E-state index contributed by atoms with van der Waals surface area (Å²) in [6.45, 7) is 20.9. The lowest BCUT2D eigenvalue weighted by molar-refractivity contribution is -0.412. The molecule has 1 spiro atoms. The lowest BCUT2D eigenvalue weighted by Gasteiger charge is -2.43. The van der Waals surface area contributed by atoms with Crippen LogP contribution >= 0.6 is 0 Å². The van der Waals surface area contributed by atoms with E-state index in [0.717, 1.165) is 9.13 Å². The zero-order chi connectivity index (χ0) is 32.6. The lowest BCUT2D eigenvalue weighted by Crippen LogP contribution is -2.59. The van der Waals surface area contributed by atoms with Crippen molar-refractivity contribution < 1.29 is 31.1 Å². The fourth-order valence-electron chi connectivity index (χ4n) is 4.46. The van der Waals surface area contributed by atoms with E-state index in [9.17, 15) is 28.1 Å². The van der Waals surface area contributed by atoms with Gasteiger partial charge >= 0.3 is 20.8 Å². The second-order valence-corrected chi connectivity index (χ2v) is 25.1. The van der Waals surface area contributed by atoms with Gasteiger partial charge in [0, 0.05) is 18.8 Å². The Morgan fingerprint density at radius 2 is 1.62 bits per heavy atom. The van der Waals surface area contributed by atoms with Crippen LogP contribution < -0.4 is 17.0 Å². The molecule has 238 valence electrons. The van der Waals surface area contributed by atoms with Gasteiger partial charge in [0.25, 0.3) is 5.56 Å². The molecule has 17 heteroatoms. The van der Waals surface area contributed by atoms with E-state index in [0.29, 0.717) is 0 Å². The Balaban J connectivity index is 2.39. The molecule has 1 saturated heterocycles. The zero-order valence-electron chi connectivity index (χ0n) is 26.4. The summed E-state index contributed by atoms with van der Waals surface area (Å²) in [5.74, 6) is 0. The lowest BCUT2D eigenvalue weighted by atomic mass is 9.89. The van der Waals surface area contributed by atoms with Gasteiger partial charge in [-0.05, 0) is 43.2 Å². The average molecular weight is 649 g/mol. The summed E-state index contributed by atoms with van der Waals surface area (Å²) in [7, 11) is -9.03. The molecule has 1 fully saturated rings. The topological polar surface area (TPSA) is 184 Å².